The van der Waals surface area contributed by atoms with Gasteiger partial charge in [0.1, 0.15) is 11.9 Å². The fraction of sp³-hybridized carbons (Fsp3) is 0.174. The molecule has 0 bridgehead atoms. The topological polar surface area (TPSA) is 69.8 Å². The van der Waals surface area contributed by atoms with Crippen molar-refractivity contribution >= 4 is 57.0 Å². The van der Waals surface area contributed by atoms with E-state index < -0.39 is 5.82 Å². The van der Waals surface area contributed by atoms with E-state index in [9.17, 15) is 9.65 Å². The molecule has 0 spiro atoms. The molecule has 4 aromatic rings. The highest BCUT2D eigenvalue weighted by Crippen LogP contribution is 2.37. The fourth-order valence-corrected chi connectivity index (χ4v) is 4.36. The van der Waals surface area contributed by atoms with Crippen molar-refractivity contribution in [1.29, 1.82) is 5.26 Å². The summed E-state index contributed by atoms with van der Waals surface area (Å²) in [4.78, 5) is 6.33. The third-order valence-electron chi connectivity index (χ3n) is 5.60. The van der Waals surface area contributed by atoms with Gasteiger partial charge in [-0.3, -0.25) is 9.67 Å². The zero-order valence-corrected chi connectivity index (χ0v) is 18.5. The Kier molecular flexibility index (Phi) is 5.12. The second-order valence-electron chi connectivity index (χ2n) is 7.62. The van der Waals surface area contributed by atoms with Gasteiger partial charge >= 0.3 is 0 Å². The molecule has 0 fully saturated rings. The van der Waals surface area contributed by atoms with Gasteiger partial charge in [0.2, 0.25) is 0 Å². The first-order chi connectivity index (χ1) is 15.4. The number of halogens is 3. The van der Waals surface area contributed by atoms with Gasteiger partial charge in [0.15, 0.2) is 5.82 Å². The molecule has 0 atom stereocenters. The minimum Gasteiger partial charge on any atom is -0.354 e. The number of aromatic nitrogens is 3. The SMILES string of the molecule is CN(c1cc(Cl)c2ncc(C#N)c(Nc3ccc(F)c(Cl)c3)c2c1)c1cc2n(n1)CCC2. The third-order valence-corrected chi connectivity index (χ3v) is 6.18. The summed E-state index contributed by atoms with van der Waals surface area (Å²) >= 11 is 12.5. The van der Waals surface area contributed by atoms with Crippen LogP contribution in [0.5, 0.6) is 0 Å². The molecule has 9 heteroatoms. The van der Waals surface area contributed by atoms with Gasteiger partial charge in [-0.1, -0.05) is 23.2 Å². The maximum absolute atomic E-state index is 13.6. The number of nitrogens with zero attached hydrogens (tertiary/aromatic N) is 5. The van der Waals surface area contributed by atoms with Gasteiger partial charge < -0.3 is 10.2 Å². The van der Waals surface area contributed by atoms with Crippen LogP contribution in [0, 0.1) is 17.1 Å². The van der Waals surface area contributed by atoms with Crippen molar-refractivity contribution in [2.75, 3.05) is 17.3 Å². The first kappa shape index (κ1) is 20.6. The lowest BCUT2D eigenvalue weighted by Gasteiger charge is -2.19. The van der Waals surface area contributed by atoms with Crippen molar-refractivity contribution in [2.45, 2.75) is 19.4 Å². The first-order valence-corrected chi connectivity index (χ1v) is 10.7. The zero-order chi connectivity index (χ0) is 22.4. The number of pyridine rings is 1. The molecule has 1 aliphatic rings. The third kappa shape index (κ3) is 3.52. The molecule has 2 aromatic heterocycles. The van der Waals surface area contributed by atoms with E-state index in [0.29, 0.717) is 32.9 Å². The Balaban J connectivity index is 1.62. The normalized spacial score (nSPS) is 12.6. The number of benzene rings is 2. The molecule has 5 rings (SSSR count). The van der Waals surface area contributed by atoms with E-state index in [1.807, 2.05) is 28.8 Å². The summed E-state index contributed by atoms with van der Waals surface area (Å²) in [6.07, 6.45) is 3.59. The van der Waals surface area contributed by atoms with Crippen LogP contribution in [0.4, 0.5) is 27.3 Å². The number of anilines is 4. The fourth-order valence-electron chi connectivity index (χ4n) is 3.92. The minimum absolute atomic E-state index is 0.0156. The highest BCUT2D eigenvalue weighted by atomic mass is 35.5. The number of hydrogen-bond acceptors (Lipinski definition) is 5. The lowest BCUT2D eigenvalue weighted by molar-refractivity contribution is 0.628. The van der Waals surface area contributed by atoms with Crippen molar-refractivity contribution in [1.82, 2.24) is 14.8 Å². The molecule has 0 unspecified atom stereocenters. The van der Waals surface area contributed by atoms with Crippen LogP contribution in [0.15, 0.2) is 42.6 Å². The van der Waals surface area contributed by atoms with E-state index in [4.69, 9.17) is 23.2 Å². The molecule has 1 aliphatic heterocycles. The lowest BCUT2D eigenvalue weighted by atomic mass is 10.1. The smallest absolute Gasteiger partial charge is 0.155 e. The van der Waals surface area contributed by atoms with Gasteiger partial charge in [0, 0.05) is 48.3 Å². The molecular formula is C23H17Cl2FN6. The summed E-state index contributed by atoms with van der Waals surface area (Å²) in [6, 6.07) is 12.3. The van der Waals surface area contributed by atoms with Gasteiger partial charge in [0.05, 0.1) is 26.8 Å². The summed E-state index contributed by atoms with van der Waals surface area (Å²) < 4.78 is 15.6. The second-order valence-corrected chi connectivity index (χ2v) is 8.43. The van der Waals surface area contributed by atoms with Crippen molar-refractivity contribution < 1.29 is 4.39 Å². The monoisotopic (exact) mass is 466 g/mol. The zero-order valence-electron chi connectivity index (χ0n) is 17.0. The summed E-state index contributed by atoms with van der Waals surface area (Å²) in [7, 11) is 1.92. The molecule has 0 saturated heterocycles. The van der Waals surface area contributed by atoms with Crippen LogP contribution < -0.4 is 10.2 Å². The summed E-state index contributed by atoms with van der Waals surface area (Å²) in [5.41, 5.74) is 3.95. The molecule has 1 N–H and O–H groups in total. The van der Waals surface area contributed by atoms with E-state index in [0.717, 1.165) is 30.9 Å². The maximum Gasteiger partial charge on any atom is 0.155 e. The Morgan fingerprint density at radius 1 is 1.19 bits per heavy atom. The number of nitrogens with one attached hydrogen (secondary N) is 1. The van der Waals surface area contributed by atoms with Gasteiger partial charge in [-0.25, -0.2) is 4.39 Å². The predicted molar refractivity (Wildman–Crippen MR) is 125 cm³/mol. The van der Waals surface area contributed by atoms with Gasteiger partial charge in [-0.05, 0) is 43.2 Å². The predicted octanol–water partition coefficient (Wildman–Crippen LogP) is 6.21. The quantitative estimate of drug-likeness (QED) is 0.387. The van der Waals surface area contributed by atoms with Crippen LogP contribution in [0.2, 0.25) is 10.0 Å². The molecule has 3 heterocycles. The molecule has 32 heavy (non-hydrogen) atoms. The van der Waals surface area contributed by atoms with E-state index in [1.54, 1.807) is 6.07 Å². The van der Waals surface area contributed by atoms with E-state index >= 15 is 0 Å². The molecule has 0 aliphatic carbocycles. The van der Waals surface area contributed by atoms with Crippen LogP contribution in [0.25, 0.3) is 10.9 Å². The average Bonchev–Trinajstić information content (AvgIpc) is 3.38. The van der Waals surface area contributed by atoms with Crippen molar-refractivity contribution in [3.05, 3.63) is 69.7 Å². The minimum atomic E-state index is -0.517. The van der Waals surface area contributed by atoms with Gasteiger partial charge in [-0.2, -0.15) is 10.4 Å². The summed E-state index contributed by atoms with van der Waals surface area (Å²) in [5, 5.41) is 18.6. The van der Waals surface area contributed by atoms with E-state index in [-0.39, 0.29) is 5.02 Å². The largest absolute Gasteiger partial charge is 0.354 e. The molecular weight excluding hydrogens is 450 g/mol. The van der Waals surface area contributed by atoms with Crippen LogP contribution in [-0.4, -0.2) is 21.8 Å². The molecule has 0 radical (unpaired) electrons. The van der Waals surface area contributed by atoms with E-state index in [1.165, 1.54) is 24.0 Å². The Morgan fingerprint density at radius 2 is 2.03 bits per heavy atom. The highest BCUT2D eigenvalue weighted by Gasteiger charge is 2.19. The molecule has 0 amide bonds. The standard InChI is InChI=1S/C23H17Cl2FN6/c1-31(21-10-15-3-2-6-32(15)30-21)16-8-17-22(29-14-4-5-20(26)18(24)7-14)13(11-27)12-28-23(17)19(25)9-16/h4-5,7-10,12H,2-3,6H2,1H3,(H,28,29). The van der Waals surface area contributed by atoms with Crippen molar-refractivity contribution in [2.24, 2.45) is 0 Å². The number of fused-ring (bicyclic) bond motifs is 2. The molecule has 0 saturated carbocycles. The Hall–Kier alpha value is -3.34. The molecule has 2 aromatic carbocycles. The van der Waals surface area contributed by atoms with E-state index in [2.05, 4.69) is 27.5 Å². The van der Waals surface area contributed by atoms with Gasteiger partial charge in [0.25, 0.3) is 0 Å². The van der Waals surface area contributed by atoms with Crippen molar-refractivity contribution in [3.63, 3.8) is 0 Å². The highest BCUT2D eigenvalue weighted by molar-refractivity contribution is 6.36. The summed E-state index contributed by atoms with van der Waals surface area (Å²) in [5.74, 6) is 0.301. The molecule has 160 valence electrons. The Bertz CT molecular complexity index is 1390. The second kappa shape index (κ2) is 7.97. The Labute approximate surface area is 193 Å². The van der Waals surface area contributed by atoms with Crippen LogP contribution in [-0.2, 0) is 13.0 Å². The molecule has 6 nitrogen and oxygen atoms in total. The van der Waals surface area contributed by atoms with Crippen LogP contribution in [0.1, 0.15) is 17.7 Å². The maximum atomic E-state index is 13.6. The Morgan fingerprint density at radius 3 is 2.78 bits per heavy atom. The summed E-state index contributed by atoms with van der Waals surface area (Å²) in [6.45, 7) is 0.922. The lowest BCUT2D eigenvalue weighted by Crippen LogP contribution is -2.11. The number of nitriles is 1. The number of rotatable bonds is 4. The number of aryl methyl sites for hydroxylation is 2. The van der Waals surface area contributed by atoms with Crippen LogP contribution >= 0.6 is 23.2 Å². The van der Waals surface area contributed by atoms with Crippen LogP contribution in [0.3, 0.4) is 0 Å². The first-order valence-electron chi connectivity index (χ1n) is 9.99. The van der Waals surface area contributed by atoms with Gasteiger partial charge in [-0.15, -0.1) is 0 Å². The van der Waals surface area contributed by atoms with Crippen molar-refractivity contribution in [3.8, 4) is 6.07 Å². The average molecular weight is 467 g/mol. The number of hydrogen-bond donors (Lipinski definition) is 1.